The van der Waals surface area contributed by atoms with E-state index in [1.54, 1.807) is 6.20 Å². The highest BCUT2D eigenvalue weighted by atomic mass is 19.1. The van der Waals surface area contributed by atoms with Crippen LogP contribution in [0.4, 0.5) is 20.4 Å². The lowest BCUT2D eigenvalue weighted by atomic mass is 9.88. The van der Waals surface area contributed by atoms with Crippen LogP contribution in [0.5, 0.6) is 0 Å². The molecule has 2 atom stereocenters. The van der Waals surface area contributed by atoms with E-state index in [0.717, 1.165) is 37.8 Å². The van der Waals surface area contributed by atoms with Gasteiger partial charge in [0.25, 0.3) is 0 Å². The van der Waals surface area contributed by atoms with Crippen molar-refractivity contribution in [2.45, 2.75) is 45.7 Å². The summed E-state index contributed by atoms with van der Waals surface area (Å²) >= 11 is 0. The summed E-state index contributed by atoms with van der Waals surface area (Å²) in [7, 11) is 0. The Hall–Kier alpha value is -3.30. The third kappa shape index (κ3) is 5.99. The monoisotopic (exact) mass is 536 g/mol. The molecule has 0 radical (unpaired) electrons. The quantitative estimate of drug-likeness (QED) is 0.490. The molecular formula is C30H38F2N6O. The highest BCUT2D eigenvalue weighted by molar-refractivity contribution is 5.92. The molecule has 208 valence electrons. The molecule has 0 bridgehead atoms. The third-order valence-corrected chi connectivity index (χ3v) is 7.96. The zero-order valence-corrected chi connectivity index (χ0v) is 23.2. The summed E-state index contributed by atoms with van der Waals surface area (Å²) in [5.41, 5.74) is 3.73. The number of hydrogen-bond acceptors (Lipinski definition) is 5. The van der Waals surface area contributed by atoms with Gasteiger partial charge in [-0.2, -0.15) is 0 Å². The van der Waals surface area contributed by atoms with Crippen molar-refractivity contribution < 1.29 is 13.6 Å². The van der Waals surface area contributed by atoms with Crippen LogP contribution in [0.1, 0.15) is 43.4 Å². The van der Waals surface area contributed by atoms with Crippen LogP contribution < -0.4 is 15.5 Å². The van der Waals surface area contributed by atoms with Gasteiger partial charge in [-0.15, -0.1) is 0 Å². The van der Waals surface area contributed by atoms with Crippen LogP contribution in [0.25, 0.3) is 0 Å². The minimum atomic E-state index is -0.624. The largest absolute Gasteiger partial charge is 0.369 e. The zero-order chi connectivity index (χ0) is 27.7. The molecule has 1 aromatic heterocycles. The molecule has 1 amide bonds. The van der Waals surface area contributed by atoms with Gasteiger partial charge in [-0.05, 0) is 56.5 Å². The Kier molecular flexibility index (Phi) is 7.73. The molecule has 7 nitrogen and oxygen atoms in total. The molecule has 9 heteroatoms. The van der Waals surface area contributed by atoms with E-state index < -0.39 is 23.5 Å². The highest BCUT2D eigenvalue weighted by Gasteiger charge is 2.43. The second kappa shape index (κ2) is 11.1. The van der Waals surface area contributed by atoms with Crippen molar-refractivity contribution in [2.24, 2.45) is 5.92 Å². The molecular weight excluding hydrogens is 498 g/mol. The summed E-state index contributed by atoms with van der Waals surface area (Å²) < 4.78 is 30.4. The van der Waals surface area contributed by atoms with Crippen molar-refractivity contribution in [3.8, 4) is 0 Å². The van der Waals surface area contributed by atoms with Crippen LogP contribution in [-0.2, 0) is 11.3 Å². The van der Waals surface area contributed by atoms with Crippen molar-refractivity contribution in [2.75, 3.05) is 49.5 Å². The fraction of sp³-hybridized carbons (Fsp3) is 0.467. The number of hydrogen-bond donors (Lipinski definition) is 2. The number of aryl methyl sites for hydroxylation is 1. The standard InChI is InChI=1S/C30H38F2N6O/c1-20-5-6-21(27(15-20)36-12-9-33-10-13-36)17-37-14-11-34-29(37)35-28(39)25-19-38(30(2,3)4)18-24(25)23-8-7-22(31)16-26(23)32/h5-8,11,14-16,24-25,33H,9-10,12-13,17-19H2,1-4H3,(H,34,35,39)/t24-,25?/m0/s1. The normalized spacial score (nSPS) is 20.4. The van der Waals surface area contributed by atoms with E-state index in [2.05, 4.69) is 71.3 Å². The van der Waals surface area contributed by atoms with Gasteiger partial charge in [0.05, 0.1) is 12.5 Å². The summed E-state index contributed by atoms with van der Waals surface area (Å²) in [5.74, 6) is -1.90. The number of imidazole rings is 1. The summed E-state index contributed by atoms with van der Waals surface area (Å²) in [5, 5.41) is 6.44. The van der Waals surface area contributed by atoms with Gasteiger partial charge in [-0.3, -0.25) is 15.0 Å². The minimum Gasteiger partial charge on any atom is -0.369 e. The minimum absolute atomic E-state index is 0.200. The number of amides is 1. The van der Waals surface area contributed by atoms with Crippen LogP contribution >= 0.6 is 0 Å². The summed E-state index contributed by atoms with van der Waals surface area (Å²) in [6, 6.07) is 10.1. The molecule has 0 aliphatic carbocycles. The van der Waals surface area contributed by atoms with Crippen molar-refractivity contribution in [3.63, 3.8) is 0 Å². The molecule has 2 aliphatic rings. The molecule has 3 aromatic rings. The number of carbonyl (C=O) groups is 1. The van der Waals surface area contributed by atoms with E-state index in [0.29, 0.717) is 31.1 Å². The number of nitrogens with zero attached hydrogens (tertiary/aromatic N) is 4. The Bertz CT molecular complexity index is 1330. The van der Waals surface area contributed by atoms with Gasteiger partial charge in [-0.1, -0.05) is 18.2 Å². The second-order valence-electron chi connectivity index (χ2n) is 11.7. The van der Waals surface area contributed by atoms with Crippen LogP contribution in [-0.4, -0.2) is 65.2 Å². The second-order valence-corrected chi connectivity index (χ2v) is 11.7. The third-order valence-electron chi connectivity index (χ3n) is 7.96. The number of anilines is 2. The molecule has 39 heavy (non-hydrogen) atoms. The maximum Gasteiger partial charge on any atom is 0.231 e. The Labute approximate surface area is 229 Å². The number of piperazine rings is 1. The van der Waals surface area contributed by atoms with E-state index in [-0.39, 0.29) is 11.4 Å². The molecule has 2 N–H and O–H groups in total. The summed E-state index contributed by atoms with van der Waals surface area (Å²) in [6.45, 7) is 13.7. The molecule has 0 spiro atoms. The Morgan fingerprint density at radius 1 is 1.10 bits per heavy atom. The number of nitrogens with one attached hydrogen (secondary N) is 2. The van der Waals surface area contributed by atoms with Crippen LogP contribution in [0.15, 0.2) is 48.8 Å². The van der Waals surface area contributed by atoms with Gasteiger partial charge in [0, 0.05) is 74.9 Å². The van der Waals surface area contributed by atoms with Gasteiger partial charge in [0.15, 0.2) is 0 Å². The first-order valence-corrected chi connectivity index (χ1v) is 13.7. The Morgan fingerprint density at radius 3 is 2.59 bits per heavy atom. The average Bonchev–Trinajstić information content (AvgIpc) is 3.53. The van der Waals surface area contributed by atoms with Crippen LogP contribution in [0.2, 0.25) is 0 Å². The molecule has 2 saturated heterocycles. The van der Waals surface area contributed by atoms with Gasteiger partial charge in [0.2, 0.25) is 11.9 Å². The van der Waals surface area contributed by atoms with Gasteiger partial charge in [-0.25, -0.2) is 13.8 Å². The first-order valence-electron chi connectivity index (χ1n) is 13.7. The molecule has 2 fully saturated rings. The van der Waals surface area contributed by atoms with Crippen molar-refractivity contribution >= 4 is 17.5 Å². The van der Waals surface area contributed by atoms with Crippen molar-refractivity contribution in [3.05, 3.63) is 77.1 Å². The smallest absolute Gasteiger partial charge is 0.231 e. The highest BCUT2D eigenvalue weighted by Crippen LogP contribution is 2.38. The number of aromatic nitrogens is 2. The fourth-order valence-electron chi connectivity index (χ4n) is 5.69. The predicted octanol–water partition coefficient (Wildman–Crippen LogP) is 4.38. The zero-order valence-electron chi connectivity index (χ0n) is 23.2. The summed E-state index contributed by atoms with van der Waals surface area (Å²) in [6.07, 6.45) is 3.55. The van der Waals surface area contributed by atoms with E-state index in [1.165, 1.54) is 23.4 Å². The average molecular weight is 537 g/mol. The lowest BCUT2D eigenvalue weighted by molar-refractivity contribution is -0.120. The van der Waals surface area contributed by atoms with Crippen molar-refractivity contribution in [1.82, 2.24) is 19.8 Å². The molecule has 3 heterocycles. The first kappa shape index (κ1) is 27.3. The van der Waals surface area contributed by atoms with Crippen LogP contribution in [0.3, 0.4) is 0 Å². The first-order chi connectivity index (χ1) is 18.6. The maximum atomic E-state index is 14.9. The Balaban J connectivity index is 1.38. The number of benzene rings is 2. The van der Waals surface area contributed by atoms with E-state index in [1.807, 2.05) is 10.8 Å². The molecule has 2 aromatic carbocycles. The Morgan fingerprint density at radius 2 is 1.87 bits per heavy atom. The predicted molar refractivity (Wildman–Crippen MR) is 150 cm³/mol. The van der Waals surface area contributed by atoms with E-state index >= 15 is 0 Å². The molecule has 5 rings (SSSR count). The van der Waals surface area contributed by atoms with Crippen molar-refractivity contribution in [1.29, 1.82) is 0 Å². The van der Waals surface area contributed by atoms with E-state index in [9.17, 15) is 13.6 Å². The molecule has 2 aliphatic heterocycles. The van der Waals surface area contributed by atoms with Gasteiger partial charge >= 0.3 is 0 Å². The summed E-state index contributed by atoms with van der Waals surface area (Å²) in [4.78, 5) is 22.7. The SMILES string of the molecule is Cc1ccc(Cn2ccnc2NC(=O)C2CN(C(C)(C)C)C[C@H]2c2ccc(F)cc2F)c(N2CCNCC2)c1. The lowest BCUT2D eigenvalue weighted by Gasteiger charge is -2.32. The number of carbonyl (C=O) groups excluding carboxylic acids is 1. The van der Waals surface area contributed by atoms with E-state index in [4.69, 9.17) is 0 Å². The number of likely N-dealkylation sites (tertiary alicyclic amines) is 1. The number of halogens is 2. The maximum absolute atomic E-state index is 14.9. The lowest BCUT2D eigenvalue weighted by Crippen LogP contribution is -2.44. The molecule has 0 saturated carbocycles. The molecule has 1 unspecified atom stereocenters. The van der Waals surface area contributed by atoms with Gasteiger partial charge < -0.3 is 14.8 Å². The fourth-order valence-corrected chi connectivity index (χ4v) is 5.69. The van der Waals surface area contributed by atoms with Gasteiger partial charge in [0.1, 0.15) is 11.6 Å². The topological polar surface area (TPSA) is 65.4 Å². The van der Waals surface area contributed by atoms with Crippen LogP contribution in [0, 0.1) is 24.5 Å². The number of rotatable bonds is 6.